The fourth-order valence-electron chi connectivity index (χ4n) is 5.73. The molecule has 1 saturated heterocycles. The molecule has 3 aliphatic rings. The maximum Gasteiger partial charge on any atom is 0.231 e. The number of benzene rings is 1. The SMILES string of the molecule is CCC(=O)n1cc2c3c(cccc31)C1=C[C@@H](C(=O)N3[C@H](C)C[C@H]3C)CN(C)[C@@H]1C2. The number of likely N-dealkylation sites (tertiary alicyclic amines) is 1. The highest BCUT2D eigenvalue weighted by molar-refractivity contribution is 6.03. The Bertz CT molecular complexity index is 1040. The van der Waals surface area contributed by atoms with Gasteiger partial charge in [0, 0.05) is 42.7 Å². The fourth-order valence-corrected chi connectivity index (χ4v) is 5.73. The van der Waals surface area contributed by atoms with Gasteiger partial charge in [0.2, 0.25) is 11.8 Å². The van der Waals surface area contributed by atoms with Gasteiger partial charge in [0.1, 0.15) is 0 Å². The van der Waals surface area contributed by atoms with Gasteiger partial charge < -0.3 is 4.90 Å². The number of amides is 1. The molecule has 1 amide bonds. The van der Waals surface area contributed by atoms with Crippen LogP contribution in [0.2, 0.25) is 0 Å². The predicted octanol–water partition coefficient (Wildman–Crippen LogP) is 3.57. The maximum absolute atomic E-state index is 13.2. The Hall–Kier alpha value is -2.40. The molecule has 1 fully saturated rings. The van der Waals surface area contributed by atoms with Crippen molar-refractivity contribution in [3.8, 4) is 0 Å². The minimum Gasteiger partial charge on any atom is -0.337 e. The molecule has 5 rings (SSSR count). The largest absolute Gasteiger partial charge is 0.337 e. The van der Waals surface area contributed by atoms with Crippen molar-refractivity contribution in [3.63, 3.8) is 0 Å². The summed E-state index contributed by atoms with van der Waals surface area (Å²) in [5.41, 5.74) is 4.66. The van der Waals surface area contributed by atoms with Crippen LogP contribution in [0.5, 0.6) is 0 Å². The van der Waals surface area contributed by atoms with Crippen LogP contribution in [0.15, 0.2) is 30.5 Å². The highest BCUT2D eigenvalue weighted by atomic mass is 16.2. The molecule has 2 aromatic rings. The second kappa shape index (κ2) is 6.56. The molecule has 3 heterocycles. The lowest BCUT2D eigenvalue weighted by molar-refractivity contribution is -0.146. The monoisotopic (exact) mass is 391 g/mol. The topological polar surface area (TPSA) is 45.6 Å². The van der Waals surface area contributed by atoms with Gasteiger partial charge in [0.15, 0.2) is 0 Å². The summed E-state index contributed by atoms with van der Waals surface area (Å²) in [4.78, 5) is 30.1. The Morgan fingerprint density at radius 3 is 2.62 bits per heavy atom. The van der Waals surface area contributed by atoms with Crippen LogP contribution in [0.1, 0.15) is 49.5 Å². The first-order valence-corrected chi connectivity index (χ1v) is 10.8. The van der Waals surface area contributed by atoms with Crippen molar-refractivity contribution in [1.82, 2.24) is 14.4 Å². The molecule has 4 atom stereocenters. The number of carbonyl (C=O) groups excluding carboxylic acids is 2. The van der Waals surface area contributed by atoms with E-state index in [9.17, 15) is 9.59 Å². The molecule has 152 valence electrons. The van der Waals surface area contributed by atoms with E-state index >= 15 is 0 Å². The first kappa shape index (κ1) is 18.6. The lowest BCUT2D eigenvalue weighted by atomic mass is 9.79. The van der Waals surface area contributed by atoms with Crippen molar-refractivity contribution in [2.24, 2.45) is 5.92 Å². The Labute approximate surface area is 172 Å². The molecular formula is C24H29N3O2. The first-order chi connectivity index (χ1) is 13.9. The van der Waals surface area contributed by atoms with E-state index in [0.717, 1.165) is 24.9 Å². The van der Waals surface area contributed by atoms with Crippen molar-refractivity contribution in [2.45, 2.75) is 58.2 Å². The number of nitrogens with zero attached hydrogens (tertiary/aromatic N) is 3. The summed E-state index contributed by atoms with van der Waals surface area (Å²) in [6.45, 7) is 6.94. The summed E-state index contributed by atoms with van der Waals surface area (Å²) in [5.74, 6) is 0.276. The Morgan fingerprint density at radius 1 is 1.17 bits per heavy atom. The van der Waals surface area contributed by atoms with Crippen molar-refractivity contribution >= 4 is 28.3 Å². The van der Waals surface area contributed by atoms with Crippen LogP contribution in [0.4, 0.5) is 0 Å². The third kappa shape index (κ3) is 2.63. The van der Waals surface area contributed by atoms with Gasteiger partial charge in [-0.05, 0) is 56.5 Å². The van der Waals surface area contributed by atoms with E-state index in [2.05, 4.69) is 42.8 Å². The Balaban J connectivity index is 1.60. The number of aromatic nitrogens is 1. The van der Waals surface area contributed by atoms with Gasteiger partial charge in [0.05, 0.1) is 11.4 Å². The summed E-state index contributed by atoms with van der Waals surface area (Å²) in [5, 5.41) is 1.18. The van der Waals surface area contributed by atoms with Crippen molar-refractivity contribution in [3.05, 3.63) is 41.6 Å². The summed E-state index contributed by atoms with van der Waals surface area (Å²) < 4.78 is 1.82. The molecule has 0 saturated carbocycles. The quantitative estimate of drug-likeness (QED) is 0.786. The molecule has 1 aromatic heterocycles. The van der Waals surface area contributed by atoms with Crippen LogP contribution in [0.3, 0.4) is 0 Å². The number of hydrogen-bond donors (Lipinski definition) is 0. The Morgan fingerprint density at radius 2 is 1.93 bits per heavy atom. The lowest BCUT2D eigenvalue weighted by Crippen LogP contribution is -2.59. The molecule has 1 aromatic carbocycles. The second-order valence-electron chi connectivity index (χ2n) is 9.04. The first-order valence-electron chi connectivity index (χ1n) is 10.8. The van der Waals surface area contributed by atoms with Gasteiger partial charge in [-0.2, -0.15) is 0 Å². The fraction of sp³-hybridized carbons (Fsp3) is 0.500. The third-order valence-corrected chi connectivity index (χ3v) is 7.16. The molecule has 0 unspecified atom stereocenters. The van der Waals surface area contributed by atoms with Crippen molar-refractivity contribution < 1.29 is 9.59 Å². The summed E-state index contributed by atoms with van der Waals surface area (Å²) in [6, 6.07) is 7.17. The zero-order valence-corrected chi connectivity index (χ0v) is 17.7. The van der Waals surface area contributed by atoms with Gasteiger partial charge in [-0.15, -0.1) is 0 Å². The second-order valence-corrected chi connectivity index (χ2v) is 9.04. The van der Waals surface area contributed by atoms with E-state index in [1.54, 1.807) is 0 Å². The zero-order valence-electron chi connectivity index (χ0n) is 17.7. The number of fused-ring (bicyclic) bond motifs is 2. The van der Waals surface area contributed by atoms with Gasteiger partial charge in [-0.1, -0.05) is 25.1 Å². The highest BCUT2D eigenvalue weighted by Gasteiger charge is 2.42. The van der Waals surface area contributed by atoms with Crippen LogP contribution >= 0.6 is 0 Å². The normalized spacial score (nSPS) is 28.7. The van der Waals surface area contributed by atoms with Crippen LogP contribution in [0, 0.1) is 5.92 Å². The smallest absolute Gasteiger partial charge is 0.231 e. The molecular weight excluding hydrogens is 362 g/mol. The van der Waals surface area contributed by atoms with Gasteiger partial charge >= 0.3 is 0 Å². The molecule has 2 aliphatic heterocycles. The van der Waals surface area contributed by atoms with Crippen LogP contribution < -0.4 is 0 Å². The molecule has 5 heteroatoms. The van der Waals surface area contributed by atoms with Crippen molar-refractivity contribution in [2.75, 3.05) is 13.6 Å². The molecule has 0 N–H and O–H groups in total. The third-order valence-electron chi connectivity index (χ3n) is 7.16. The summed E-state index contributed by atoms with van der Waals surface area (Å²) >= 11 is 0. The van der Waals surface area contributed by atoms with E-state index in [1.807, 2.05) is 29.8 Å². The lowest BCUT2D eigenvalue weighted by Gasteiger charge is -2.48. The molecule has 0 radical (unpaired) electrons. The summed E-state index contributed by atoms with van der Waals surface area (Å²) in [7, 11) is 2.13. The average Bonchev–Trinajstić information content (AvgIpc) is 3.07. The van der Waals surface area contributed by atoms with Crippen LogP contribution in [0.25, 0.3) is 16.5 Å². The summed E-state index contributed by atoms with van der Waals surface area (Å²) in [6.07, 6.45) is 6.72. The number of carbonyl (C=O) groups is 2. The van der Waals surface area contributed by atoms with Gasteiger partial charge in [0.25, 0.3) is 0 Å². The van der Waals surface area contributed by atoms with E-state index < -0.39 is 0 Å². The minimum atomic E-state index is -0.104. The molecule has 0 bridgehead atoms. The van der Waals surface area contributed by atoms with E-state index in [-0.39, 0.29) is 23.8 Å². The van der Waals surface area contributed by atoms with Crippen LogP contribution in [-0.4, -0.2) is 57.9 Å². The maximum atomic E-state index is 13.2. The van der Waals surface area contributed by atoms with E-state index in [0.29, 0.717) is 18.5 Å². The number of likely N-dealkylation sites (N-methyl/N-ethyl adjacent to an activating group) is 1. The van der Waals surface area contributed by atoms with Gasteiger partial charge in [-0.25, -0.2) is 0 Å². The van der Waals surface area contributed by atoms with Crippen molar-refractivity contribution in [1.29, 1.82) is 0 Å². The highest BCUT2D eigenvalue weighted by Crippen LogP contribution is 2.42. The molecule has 1 aliphatic carbocycles. The average molecular weight is 392 g/mol. The number of hydrogen-bond acceptors (Lipinski definition) is 3. The minimum absolute atomic E-state index is 0.104. The standard InChI is InChI=1S/C24H29N3O2/c1-5-22(28)26-13-16-11-21-19(18-7-6-8-20(26)23(16)18)10-17(12-25(21)4)24(29)27-14(2)9-15(27)3/h6-8,10,13-15,17,21H,5,9,11-12H2,1-4H3/t14-,15-,17-,21-/m1/s1. The van der Waals surface area contributed by atoms with E-state index in [1.165, 1.54) is 22.1 Å². The molecule has 5 nitrogen and oxygen atoms in total. The zero-order chi connectivity index (χ0) is 20.4. The van der Waals surface area contributed by atoms with Gasteiger partial charge in [-0.3, -0.25) is 19.1 Å². The molecule has 0 spiro atoms. The van der Waals surface area contributed by atoms with E-state index in [4.69, 9.17) is 0 Å². The van der Waals surface area contributed by atoms with Crippen LogP contribution in [-0.2, 0) is 11.2 Å². The Kier molecular flexibility index (Phi) is 4.21. The number of rotatable bonds is 2. The molecule has 29 heavy (non-hydrogen) atoms. The predicted molar refractivity (Wildman–Crippen MR) is 115 cm³/mol.